The van der Waals surface area contributed by atoms with Crippen molar-refractivity contribution in [2.24, 2.45) is 0 Å². The fraction of sp³-hybridized carbons (Fsp3) is 0.316. The monoisotopic (exact) mass is 342 g/mol. The first-order valence-electron chi connectivity index (χ1n) is 8.11. The summed E-state index contributed by atoms with van der Waals surface area (Å²) in [7, 11) is 0. The van der Waals surface area contributed by atoms with Crippen LogP contribution in [0.2, 0.25) is 0 Å². The Balaban J connectivity index is 2.17. The second-order valence-corrected chi connectivity index (χ2v) is 6.08. The van der Waals surface area contributed by atoms with E-state index in [1.807, 2.05) is 39.0 Å². The van der Waals surface area contributed by atoms with E-state index >= 15 is 0 Å². The molecule has 132 valence electrons. The summed E-state index contributed by atoms with van der Waals surface area (Å²) < 4.78 is 5.83. The maximum Gasteiger partial charge on any atom is 0.271 e. The summed E-state index contributed by atoms with van der Waals surface area (Å²) in [6.07, 6.45) is -0.202. The fourth-order valence-electron chi connectivity index (χ4n) is 2.56. The van der Waals surface area contributed by atoms with Crippen molar-refractivity contribution in [2.45, 2.75) is 40.2 Å². The van der Waals surface area contributed by atoms with Gasteiger partial charge in [-0.15, -0.1) is 0 Å². The number of anilines is 1. The van der Waals surface area contributed by atoms with E-state index < -0.39 is 11.0 Å². The number of rotatable bonds is 6. The van der Waals surface area contributed by atoms with Gasteiger partial charge in [-0.2, -0.15) is 0 Å². The van der Waals surface area contributed by atoms with Crippen LogP contribution in [-0.4, -0.2) is 16.9 Å². The van der Waals surface area contributed by atoms with Crippen LogP contribution in [0.25, 0.3) is 0 Å². The molecule has 0 unspecified atom stereocenters. The summed E-state index contributed by atoms with van der Waals surface area (Å²) in [4.78, 5) is 23.0. The topological polar surface area (TPSA) is 81.5 Å². The molecule has 0 bridgehead atoms. The number of nitrogens with zero attached hydrogens (tertiary/aromatic N) is 1. The lowest BCUT2D eigenvalue weighted by Crippen LogP contribution is -2.32. The molecule has 0 aromatic heterocycles. The lowest BCUT2D eigenvalue weighted by atomic mass is 10.1. The minimum Gasteiger partial charge on any atom is -0.481 e. The van der Waals surface area contributed by atoms with Crippen molar-refractivity contribution in [3.8, 4) is 5.75 Å². The van der Waals surface area contributed by atoms with E-state index in [2.05, 4.69) is 5.32 Å². The van der Waals surface area contributed by atoms with Gasteiger partial charge in [-0.1, -0.05) is 19.1 Å². The van der Waals surface area contributed by atoms with Crippen molar-refractivity contribution in [3.63, 3.8) is 0 Å². The largest absolute Gasteiger partial charge is 0.481 e. The lowest BCUT2D eigenvalue weighted by molar-refractivity contribution is -0.384. The van der Waals surface area contributed by atoms with Gasteiger partial charge in [0.1, 0.15) is 5.75 Å². The normalized spacial score (nSPS) is 11.7. The van der Waals surface area contributed by atoms with Gasteiger partial charge in [0, 0.05) is 12.1 Å². The van der Waals surface area contributed by atoms with Gasteiger partial charge < -0.3 is 10.1 Å². The zero-order valence-corrected chi connectivity index (χ0v) is 14.8. The standard InChI is InChI=1S/C19H22N2O4/c1-5-18(25-16-9-12(2)8-13(3)10-16)19(22)20-17-11-15(21(23)24)7-6-14(17)4/h6-11,18H,5H2,1-4H3,(H,20,22)/t18-/m1/s1. The van der Waals surface area contributed by atoms with Gasteiger partial charge in [-0.25, -0.2) is 0 Å². The number of nitrogens with one attached hydrogen (secondary N) is 1. The maximum atomic E-state index is 12.5. The van der Waals surface area contributed by atoms with Crippen molar-refractivity contribution in [1.29, 1.82) is 0 Å². The third-order valence-corrected chi connectivity index (χ3v) is 3.83. The van der Waals surface area contributed by atoms with Crippen molar-refractivity contribution in [3.05, 3.63) is 63.2 Å². The van der Waals surface area contributed by atoms with Gasteiger partial charge in [0.15, 0.2) is 6.10 Å². The number of carbonyl (C=O) groups excluding carboxylic acids is 1. The highest BCUT2D eigenvalue weighted by molar-refractivity contribution is 5.95. The number of nitro groups is 1. The zero-order chi connectivity index (χ0) is 18.6. The Bertz CT molecular complexity index is 782. The van der Waals surface area contributed by atoms with Crippen LogP contribution in [0.5, 0.6) is 5.75 Å². The number of benzene rings is 2. The highest BCUT2D eigenvalue weighted by Crippen LogP contribution is 2.23. The van der Waals surface area contributed by atoms with Crippen molar-refractivity contribution >= 4 is 17.3 Å². The molecule has 0 heterocycles. The summed E-state index contributed by atoms with van der Waals surface area (Å²) in [6.45, 7) is 7.57. The molecule has 6 nitrogen and oxygen atoms in total. The average molecular weight is 342 g/mol. The molecule has 0 saturated carbocycles. The molecule has 6 heteroatoms. The smallest absolute Gasteiger partial charge is 0.271 e. The minimum atomic E-state index is -0.681. The Kier molecular flexibility index (Phi) is 5.75. The molecule has 1 amide bonds. The SMILES string of the molecule is CC[C@@H](Oc1cc(C)cc(C)c1)C(=O)Nc1cc([N+](=O)[O-])ccc1C. The quantitative estimate of drug-likeness (QED) is 0.626. The Morgan fingerprint density at radius 1 is 1.16 bits per heavy atom. The molecule has 0 aliphatic carbocycles. The van der Waals surface area contributed by atoms with Gasteiger partial charge in [-0.05, 0) is 56.0 Å². The van der Waals surface area contributed by atoms with Crippen molar-refractivity contribution < 1.29 is 14.5 Å². The van der Waals surface area contributed by atoms with E-state index in [-0.39, 0.29) is 11.6 Å². The van der Waals surface area contributed by atoms with E-state index in [0.717, 1.165) is 16.7 Å². The van der Waals surface area contributed by atoms with E-state index in [9.17, 15) is 14.9 Å². The van der Waals surface area contributed by atoms with Gasteiger partial charge in [0.25, 0.3) is 11.6 Å². The summed E-state index contributed by atoms with van der Waals surface area (Å²) in [5.74, 6) is 0.306. The maximum absolute atomic E-state index is 12.5. The molecule has 0 aliphatic rings. The number of nitro benzene ring substituents is 1. The summed E-state index contributed by atoms with van der Waals surface area (Å²) in [5, 5.41) is 13.7. The van der Waals surface area contributed by atoms with E-state index in [4.69, 9.17) is 4.74 Å². The van der Waals surface area contributed by atoms with Gasteiger partial charge in [-0.3, -0.25) is 14.9 Å². The first-order valence-corrected chi connectivity index (χ1v) is 8.11. The third-order valence-electron chi connectivity index (χ3n) is 3.83. The number of amides is 1. The van der Waals surface area contributed by atoms with Crippen LogP contribution < -0.4 is 10.1 Å². The van der Waals surface area contributed by atoms with Crippen LogP contribution in [0.3, 0.4) is 0 Å². The fourth-order valence-corrected chi connectivity index (χ4v) is 2.56. The lowest BCUT2D eigenvalue weighted by Gasteiger charge is -2.18. The second kappa shape index (κ2) is 7.79. The van der Waals surface area contributed by atoms with E-state index in [1.54, 1.807) is 13.0 Å². The molecule has 2 rings (SSSR count). The molecule has 2 aromatic carbocycles. The Hall–Kier alpha value is -2.89. The Morgan fingerprint density at radius 2 is 1.80 bits per heavy atom. The van der Waals surface area contributed by atoms with Gasteiger partial charge >= 0.3 is 0 Å². The molecule has 0 spiro atoms. The molecule has 1 N–H and O–H groups in total. The number of non-ortho nitro benzene ring substituents is 1. The number of carbonyl (C=O) groups is 1. The van der Waals surface area contributed by atoms with E-state index in [0.29, 0.717) is 17.9 Å². The van der Waals surface area contributed by atoms with Crippen LogP contribution in [0.15, 0.2) is 36.4 Å². The molecular weight excluding hydrogens is 320 g/mol. The third kappa shape index (κ3) is 4.79. The summed E-state index contributed by atoms with van der Waals surface area (Å²) in [6, 6.07) is 10.2. The van der Waals surface area contributed by atoms with Gasteiger partial charge in [0.2, 0.25) is 0 Å². The first-order chi connectivity index (χ1) is 11.8. The molecule has 1 atom stereocenters. The van der Waals surface area contributed by atoms with Crippen LogP contribution in [0.1, 0.15) is 30.0 Å². The van der Waals surface area contributed by atoms with E-state index in [1.165, 1.54) is 12.1 Å². The molecular formula is C19H22N2O4. The minimum absolute atomic E-state index is 0.0656. The Morgan fingerprint density at radius 3 is 2.36 bits per heavy atom. The van der Waals surface area contributed by atoms with Crippen LogP contribution in [0, 0.1) is 30.9 Å². The summed E-state index contributed by atoms with van der Waals surface area (Å²) >= 11 is 0. The highest BCUT2D eigenvalue weighted by Gasteiger charge is 2.20. The van der Waals surface area contributed by atoms with Crippen LogP contribution in [-0.2, 0) is 4.79 Å². The number of aryl methyl sites for hydroxylation is 3. The van der Waals surface area contributed by atoms with Crippen molar-refractivity contribution in [1.82, 2.24) is 0 Å². The Labute approximate surface area is 147 Å². The number of hydrogen-bond acceptors (Lipinski definition) is 4. The van der Waals surface area contributed by atoms with Crippen LogP contribution in [0.4, 0.5) is 11.4 Å². The predicted molar refractivity (Wildman–Crippen MR) is 97.1 cm³/mol. The molecule has 0 aliphatic heterocycles. The second-order valence-electron chi connectivity index (χ2n) is 6.08. The molecule has 0 saturated heterocycles. The molecule has 25 heavy (non-hydrogen) atoms. The average Bonchev–Trinajstić information content (AvgIpc) is 2.53. The van der Waals surface area contributed by atoms with Crippen molar-refractivity contribution in [2.75, 3.05) is 5.32 Å². The molecule has 0 radical (unpaired) electrons. The molecule has 2 aromatic rings. The van der Waals surface area contributed by atoms with Crippen LogP contribution >= 0.6 is 0 Å². The van der Waals surface area contributed by atoms with Gasteiger partial charge in [0.05, 0.1) is 10.6 Å². The first kappa shape index (κ1) is 18.4. The number of hydrogen-bond donors (Lipinski definition) is 1. The predicted octanol–water partition coefficient (Wildman–Crippen LogP) is 4.32. The zero-order valence-electron chi connectivity index (χ0n) is 14.8. The highest BCUT2D eigenvalue weighted by atomic mass is 16.6. The summed E-state index contributed by atoms with van der Waals surface area (Å²) in [5.41, 5.74) is 3.21. The molecule has 0 fully saturated rings. The number of ether oxygens (including phenoxy) is 1.